The van der Waals surface area contributed by atoms with Crippen molar-refractivity contribution in [2.24, 2.45) is 0 Å². The zero-order valence-electron chi connectivity index (χ0n) is 17.0. The first-order valence-corrected chi connectivity index (χ1v) is 9.10. The van der Waals surface area contributed by atoms with Crippen LogP contribution in [0.4, 0.5) is 0 Å². The van der Waals surface area contributed by atoms with Crippen LogP contribution in [0.1, 0.15) is 27.2 Å². The Kier molecular flexibility index (Phi) is 7.03. The monoisotopic (exact) mass is 403 g/mol. The SMILES string of the molecule is CN(CC(=O)NC(C)(C)C)C(=O)COC(=O)CCn1nnc2ccccc2c1=O. The Balaban J connectivity index is 1.81. The van der Waals surface area contributed by atoms with E-state index in [4.69, 9.17) is 4.74 Å². The lowest BCUT2D eigenvalue weighted by molar-refractivity contribution is -0.152. The summed E-state index contributed by atoms with van der Waals surface area (Å²) in [6, 6.07) is 6.77. The van der Waals surface area contributed by atoms with E-state index in [1.165, 1.54) is 11.9 Å². The Morgan fingerprint density at radius 1 is 1.21 bits per heavy atom. The highest BCUT2D eigenvalue weighted by Gasteiger charge is 2.19. The van der Waals surface area contributed by atoms with E-state index in [-0.39, 0.29) is 31.0 Å². The molecule has 0 atom stereocenters. The van der Waals surface area contributed by atoms with E-state index < -0.39 is 24.0 Å². The molecule has 2 aromatic rings. The molecule has 0 saturated carbocycles. The minimum Gasteiger partial charge on any atom is -0.456 e. The minimum absolute atomic E-state index is 0.0203. The molecule has 0 bridgehead atoms. The predicted molar refractivity (Wildman–Crippen MR) is 105 cm³/mol. The van der Waals surface area contributed by atoms with Crippen LogP contribution in [-0.4, -0.2) is 63.4 Å². The molecule has 1 aromatic heterocycles. The van der Waals surface area contributed by atoms with Crippen LogP contribution in [0, 0.1) is 0 Å². The van der Waals surface area contributed by atoms with Crippen molar-refractivity contribution in [2.45, 2.75) is 39.3 Å². The second-order valence-corrected chi connectivity index (χ2v) is 7.59. The van der Waals surface area contributed by atoms with E-state index in [2.05, 4.69) is 15.6 Å². The van der Waals surface area contributed by atoms with Crippen LogP contribution in [0.3, 0.4) is 0 Å². The third-order valence-corrected chi connectivity index (χ3v) is 3.83. The molecule has 0 aliphatic rings. The summed E-state index contributed by atoms with van der Waals surface area (Å²) in [4.78, 5) is 49.2. The van der Waals surface area contributed by atoms with Gasteiger partial charge in [0.05, 0.1) is 24.9 Å². The summed E-state index contributed by atoms with van der Waals surface area (Å²) >= 11 is 0. The molecule has 0 radical (unpaired) electrons. The number of amides is 2. The summed E-state index contributed by atoms with van der Waals surface area (Å²) in [5.41, 5.74) is -0.290. The molecule has 0 fully saturated rings. The van der Waals surface area contributed by atoms with Crippen molar-refractivity contribution in [3.63, 3.8) is 0 Å². The highest BCUT2D eigenvalue weighted by atomic mass is 16.5. The van der Waals surface area contributed by atoms with Gasteiger partial charge in [0, 0.05) is 12.6 Å². The molecule has 0 unspecified atom stereocenters. The van der Waals surface area contributed by atoms with Crippen molar-refractivity contribution in [1.29, 1.82) is 0 Å². The molecule has 0 aliphatic carbocycles. The summed E-state index contributed by atoms with van der Waals surface area (Å²) in [5.74, 6) is -1.48. The van der Waals surface area contributed by atoms with Gasteiger partial charge in [-0.15, -0.1) is 5.10 Å². The molecular weight excluding hydrogens is 378 g/mol. The van der Waals surface area contributed by atoms with E-state index >= 15 is 0 Å². The standard InChI is InChI=1S/C19H25N5O5/c1-19(2,3)20-15(25)11-23(4)16(26)12-29-17(27)9-10-24-18(28)13-7-5-6-8-14(13)21-22-24/h5-8H,9-12H2,1-4H3,(H,20,25). The molecule has 0 saturated heterocycles. The number of nitrogens with one attached hydrogen (secondary N) is 1. The number of aromatic nitrogens is 3. The van der Waals surface area contributed by atoms with Gasteiger partial charge in [-0.3, -0.25) is 19.2 Å². The number of rotatable bonds is 7. The molecule has 2 amide bonds. The second-order valence-electron chi connectivity index (χ2n) is 7.59. The summed E-state index contributed by atoms with van der Waals surface area (Å²) in [6.07, 6.45) is -0.144. The highest BCUT2D eigenvalue weighted by molar-refractivity contribution is 5.86. The van der Waals surface area contributed by atoms with Crippen molar-refractivity contribution < 1.29 is 19.1 Å². The fourth-order valence-corrected chi connectivity index (χ4v) is 2.45. The Bertz CT molecular complexity index is 963. The van der Waals surface area contributed by atoms with Gasteiger partial charge < -0.3 is 15.0 Å². The van der Waals surface area contributed by atoms with Gasteiger partial charge in [-0.25, -0.2) is 4.68 Å². The third kappa shape index (κ3) is 6.66. The molecule has 0 spiro atoms. The smallest absolute Gasteiger partial charge is 0.308 e. The Morgan fingerprint density at radius 2 is 1.90 bits per heavy atom. The lowest BCUT2D eigenvalue weighted by Crippen LogP contribution is -2.46. The molecule has 1 heterocycles. The number of hydrogen-bond acceptors (Lipinski definition) is 7. The number of esters is 1. The van der Waals surface area contributed by atoms with E-state index in [0.717, 1.165) is 4.68 Å². The van der Waals surface area contributed by atoms with Crippen LogP contribution in [0.25, 0.3) is 10.9 Å². The van der Waals surface area contributed by atoms with Crippen molar-refractivity contribution in [3.8, 4) is 0 Å². The fourth-order valence-electron chi connectivity index (χ4n) is 2.45. The second kappa shape index (κ2) is 9.26. The van der Waals surface area contributed by atoms with Crippen LogP contribution in [-0.2, 0) is 25.7 Å². The third-order valence-electron chi connectivity index (χ3n) is 3.83. The number of aryl methyl sites for hydroxylation is 1. The summed E-state index contributed by atoms with van der Waals surface area (Å²) in [7, 11) is 1.45. The predicted octanol–water partition coefficient (Wildman–Crippen LogP) is 0.0979. The van der Waals surface area contributed by atoms with Crippen molar-refractivity contribution in [2.75, 3.05) is 20.2 Å². The maximum atomic E-state index is 12.3. The van der Waals surface area contributed by atoms with Gasteiger partial charge in [-0.2, -0.15) is 0 Å². The van der Waals surface area contributed by atoms with Gasteiger partial charge in [0.2, 0.25) is 5.91 Å². The van der Waals surface area contributed by atoms with Gasteiger partial charge in [0.1, 0.15) is 5.52 Å². The summed E-state index contributed by atoms with van der Waals surface area (Å²) in [5, 5.41) is 10.9. The molecule has 10 heteroatoms. The fraction of sp³-hybridized carbons (Fsp3) is 0.474. The Morgan fingerprint density at radius 3 is 2.59 bits per heavy atom. The number of carbonyl (C=O) groups is 3. The topological polar surface area (TPSA) is 123 Å². The van der Waals surface area contributed by atoms with E-state index in [0.29, 0.717) is 10.9 Å². The average molecular weight is 403 g/mol. The normalized spacial score (nSPS) is 11.2. The van der Waals surface area contributed by atoms with Crippen molar-refractivity contribution in [1.82, 2.24) is 25.2 Å². The first-order chi connectivity index (χ1) is 13.6. The van der Waals surface area contributed by atoms with E-state index in [9.17, 15) is 19.2 Å². The largest absolute Gasteiger partial charge is 0.456 e. The first-order valence-electron chi connectivity index (χ1n) is 9.10. The zero-order chi connectivity index (χ0) is 21.6. The van der Waals surface area contributed by atoms with Crippen LogP contribution in [0.5, 0.6) is 0 Å². The van der Waals surface area contributed by atoms with E-state index in [1.54, 1.807) is 24.3 Å². The van der Waals surface area contributed by atoms with Gasteiger partial charge >= 0.3 is 5.97 Å². The molecule has 0 aliphatic heterocycles. The maximum Gasteiger partial charge on any atom is 0.308 e. The van der Waals surface area contributed by atoms with E-state index in [1.807, 2.05) is 20.8 Å². The van der Waals surface area contributed by atoms with Crippen molar-refractivity contribution in [3.05, 3.63) is 34.6 Å². The number of likely N-dealkylation sites (N-methyl/N-ethyl adjacent to an activating group) is 1. The van der Waals surface area contributed by atoms with Gasteiger partial charge in [0.15, 0.2) is 6.61 Å². The molecule has 10 nitrogen and oxygen atoms in total. The number of nitrogens with zero attached hydrogens (tertiary/aromatic N) is 4. The molecular formula is C19H25N5O5. The summed E-state index contributed by atoms with van der Waals surface area (Å²) < 4.78 is 6.01. The van der Waals surface area contributed by atoms with Gasteiger partial charge in [-0.05, 0) is 32.9 Å². The maximum absolute atomic E-state index is 12.3. The molecule has 1 N–H and O–H groups in total. The lowest BCUT2D eigenvalue weighted by Gasteiger charge is -2.23. The van der Waals surface area contributed by atoms with Crippen molar-refractivity contribution >= 4 is 28.7 Å². The molecule has 156 valence electrons. The zero-order valence-corrected chi connectivity index (χ0v) is 17.0. The Hall–Kier alpha value is -3.30. The van der Waals surface area contributed by atoms with Crippen LogP contribution in [0.15, 0.2) is 29.1 Å². The number of fused-ring (bicyclic) bond motifs is 1. The number of carbonyl (C=O) groups excluding carboxylic acids is 3. The molecule has 29 heavy (non-hydrogen) atoms. The lowest BCUT2D eigenvalue weighted by atomic mass is 10.1. The Labute approximate surface area is 167 Å². The summed E-state index contributed by atoms with van der Waals surface area (Å²) in [6.45, 7) is 4.85. The van der Waals surface area contributed by atoms with Crippen LogP contribution in [0.2, 0.25) is 0 Å². The van der Waals surface area contributed by atoms with Gasteiger partial charge in [0.25, 0.3) is 11.5 Å². The molecule has 2 rings (SSSR count). The van der Waals surface area contributed by atoms with Gasteiger partial charge in [-0.1, -0.05) is 17.3 Å². The number of ether oxygens (including phenoxy) is 1. The van der Waals surface area contributed by atoms with Crippen LogP contribution >= 0.6 is 0 Å². The minimum atomic E-state index is -0.659. The first kappa shape index (κ1) is 22.0. The highest BCUT2D eigenvalue weighted by Crippen LogP contribution is 2.04. The van der Waals surface area contributed by atoms with Crippen LogP contribution < -0.4 is 10.9 Å². The number of benzene rings is 1. The average Bonchev–Trinajstić information content (AvgIpc) is 2.64. The quantitative estimate of drug-likeness (QED) is 0.650. The molecule has 1 aromatic carbocycles. The number of hydrogen-bond donors (Lipinski definition) is 1.